The third-order valence-corrected chi connectivity index (χ3v) is 5.03. The lowest BCUT2D eigenvalue weighted by Gasteiger charge is -2.07. The van der Waals surface area contributed by atoms with Crippen molar-refractivity contribution in [3.8, 4) is 11.5 Å². The summed E-state index contributed by atoms with van der Waals surface area (Å²) in [7, 11) is -4.55. The molecule has 4 N–H and O–H groups in total. The van der Waals surface area contributed by atoms with Crippen LogP contribution in [0.15, 0.2) is 56.0 Å². The first-order chi connectivity index (χ1) is 10.8. The normalized spacial score (nSPS) is 11.6. The molecule has 0 bridgehead atoms. The van der Waals surface area contributed by atoms with Gasteiger partial charge in [-0.3, -0.25) is 4.55 Å². The minimum atomic E-state index is -4.55. The smallest absolute Gasteiger partial charge is 0.298 e. The Labute approximate surface area is 139 Å². The van der Waals surface area contributed by atoms with Gasteiger partial charge >= 0.3 is 0 Å². The molecular weight excluding hydrogens is 368 g/mol. The van der Waals surface area contributed by atoms with Crippen molar-refractivity contribution in [1.82, 2.24) is 0 Å². The minimum absolute atomic E-state index is 0.110. The molecule has 0 aliphatic rings. The van der Waals surface area contributed by atoms with Gasteiger partial charge in [-0.2, -0.15) is 8.42 Å². The maximum atomic E-state index is 11.2. The van der Waals surface area contributed by atoms with Crippen molar-refractivity contribution in [2.45, 2.75) is 19.6 Å². The van der Waals surface area contributed by atoms with Gasteiger partial charge in [-0.1, -0.05) is 16.8 Å². The van der Waals surface area contributed by atoms with Crippen LogP contribution in [0.25, 0.3) is 0 Å². The highest BCUT2D eigenvalue weighted by Gasteiger charge is 2.16. The molecule has 0 heterocycles. The zero-order chi connectivity index (χ0) is 17.0. The SMILES string of the molecule is O=S(=O)(O)c1cc(Sc2ccc(O)c(SOOO)c2)ccc1O. The highest BCUT2D eigenvalue weighted by molar-refractivity contribution is 7.99. The molecule has 2 aromatic carbocycles. The lowest BCUT2D eigenvalue weighted by Crippen LogP contribution is -1.98. The highest BCUT2D eigenvalue weighted by Crippen LogP contribution is 2.37. The minimum Gasteiger partial charge on any atom is -0.507 e. The Morgan fingerprint density at radius 1 is 0.957 bits per heavy atom. The topological polar surface area (TPSA) is 134 Å². The van der Waals surface area contributed by atoms with E-state index in [1.807, 2.05) is 0 Å². The number of aromatic hydroxyl groups is 2. The fourth-order valence-electron chi connectivity index (χ4n) is 1.58. The van der Waals surface area contributed by atoms with Gasteiger partial charge in [-0.15, -0.1) is 4.33 Å². The molecule has 8 nitrogen and oxygen atoms in total. The van der Waals surface area contributed by atoms with E-state index in [0.717, 1.165) is 23.9 Å². The number of hydrogen-bond donors (Lipinski definition) is 4. The Morgan fingerprint density at radius 2 is 1.57 bits per heavy atom. The Balaban J connectivity index is 2.29. The number of hydrogen-bond acceptors (Lipinski definition) is 9. The maximum absolute atomic E-state index is 11.2. The second-order valence-corrected chi connectivity index (χ2v) is 7.34. The van der Waals surface area contributed by atoms with Gasteiger partial charge in [0.2, 0.25) is 0 Å². The molecule has 0 atom stereocenters. The number of rotatable bonds is 6. The van der Waals surface area contributed by atoms with Crippen molar-refractivity contribution in [2.24, 2.45) is 0 Å². The molecule has 0 fully saturated rings. The van der Waals surface area contributed by atoms with E-state index in [2.05, 4.69) is 9.37 Å². The van der Waals surface area contributed by atoms with E-state index in [-0.39, 0.29) is 10.6 Å². The Morgan fingerprint density at radius 3 is 2.17 bits per heavy atom. The summed E-state index contributed by atoms with van der Waals surface area (Å²) >= 11 is 1.68. The number of phenols is 2. The summed E-state index contributed by atoms with van der Waals surface area (Å²) in [5.41, 5.74) is 0. The first-order valence-electron chi connectivity index (χ1n) is 5.77. The van der Waals surface area contributed by atoms with Crippen LogP contribution in [-0.2, 0) is 19.5 Å². The van der Waals surface area contributed by atoms with Crippen LogP contribution < -0.4 is 0 Å². The van der Waals surface area contributed by atoms with Gasteiger partial charge in [0.05, 0.1) is 16.9 Å². The second kappa shape index (κ2) is 7.40. The molecule has 0 saturated heterocycles. The Hall–Kier alpha value is -1.47. The number of phenolic OH excluding ortho intramolecular Hbond substituents is 2. The zero-order valence-corrected chi connectivity index (χ0v) is 13.6. The monoisotopic (exact) mass is 378 g/mol. The predicted octanol–water partition coefficient (Wildman–Crippen LogP) is 2.92. The maximum Gasteiger partial charge on any atom is 0.298 e. The average molecular weight is 378 g/mol. The van der Waals surface area contributed by atoms with Crippen LogP contribution in [0.3, 0.4) is 0 Å². The van der Waals surface area contributed by atoms with Crippen LogP contribution >= 0.6 is 23.8 Å². The summed E-state index contributed by atoms with van der Waals surface area (Å²) in [5, 5.41) is 30.7. The molecule has 0 aliphatic carbocycles. The van der Waals surface area contributed by atoms with E-state index in [1.54, 1.807) is 6.07 Å². The van der Waals surface area contributed by atoms with Gasteiger partial charge in [0.15, 0.2) is 0 Å². The second-order valence-electron chi connectivity index (χ2n) is 4.06. The van der Waals surface area contributed by atoms with E-state index in [4.69, 9.17) is 9.81 Å². The summed E-state index contributed by atoms with van der Waals surface area (Å²) < 4.78 is 35.6. The third kappa shape index (κ3) is 4.75. The fourth-order valence-corrected chi connectivity index (χ4v) is 3.66. The molecule has 0 aromatic heterocycles. The lowest BCUT2D eigenvalue weighted by atomic mass is 10.3. The van der Waals surface area contributed by atoms with Crippen molar-refractivity contribution in [1.29, 1.82) is 0 Å². The first kappa shape index (κ1) is 17.9. The summed E-state index contributed by atoms with van der Waals surface area (Å²) in [6, 6.07) is 8.15. The fraction of sp³-hybridized carbons (Fsp3) is 0. The van der Waals surface area contributed by atoms with Gasteiger partial charge in [0, 0.05) is 9.79 Å². The highest BCUT2D eigenvalue weighted by atomic mass is 32.2. The van der Waals surface area contributed by atoms with Crippen LogP contribution in [0.1, 0.15) is 0 Å². The van der Waals surface area contributed by atoms with E-state index in [9.17, 15) is 18.6 Å². The van der Waals surface area contributed by atoms with E-state index in [1.165, 1.54) is 18.2 Å². The predicted molar refractivity (Wildman–Crippen MR) is 80.8 cm³/mol. The molecule has 2 rings (SSSR count). The molecule has 11 heteroatoms. The molecule has 0 radical (unpaired) electrons. The quantitative estimate of drug-likeness (QED) is 0.257. The van der Waals surface area contributed by atoms with Crippen LogP contribution in [0, 0.1) is 0 Å². The van der Waals surface area contributed by atoms with Crippen LogP contribution in [-0.4, -0.2) is 28.4 Å². The summed E-state index contributed by atoms with van der Waals surface area (Å²) in [4.78, 5) is 0.668. The van der Waals surface area contributed by atoms with Gasteiger partial charge in [0.25, 0.3) is 10.1 Å². The van der Waals surface area contributed by atoms with Gasteiger partial charge in [-0.25, -0.2) is 5.26 Å². The first-order valence-corrected chi connectivity index (χ1v) is 8.77. The van der Waals surface area contributed by atoms with Gasteiger partial charge in [-0.05, 0) is 36.4 Å². The molecule has 0 spiro atoms. The van der Waals surface area contributed by atoms with Crippen molar-refractivity contribution in [3.63, 3.8) is 0 Å². The van der Waals surface area contributed by atoms with E-state index in [0.29, 0.717) is 21.8 Å². The molecule has 0 aliphatic heterocycles. The van der Waals surface area contributed by atoms with Crippen molar-refractivity contribution < 1.29 is 37.8 Å². The van der Waals surface area contributed by atoms with Crippen LogP contribution in [0.2, 0.25) is 0 Å². The summed E-state index contributed by atoms with van der Waals surface area (Å²) in [6.07, 6.45) is 0. The standard InChI is InChI=1S/C12H10O8S3/c13-9-3-1-7(5-11(9)22-20-19-15)21-8-2-4-10(14)12(6-8)23(16,17)18/h1-6,13-15H,(H,16,17,18). The average Bonchev–Trinajstić information content (AvgIpc) is 2.48. The summed E-state index contributed by atoms with van der Waals surface area (Å²) in [6.45, 7) is 0. The van der Waals surface area contributed by atoms with E-state index < -0.39 is 20.8 Å². The Bertz CT molecular complexity index is 806. The zero-order valence-electron chi connectivity index (χ0n) is 11.1. The number of benzene rings is 2. The Kier molecular flexibility index (Phi) is 5.75. The summed E-state index contributed by atoms with van der Waals surface area (Å²) in [5.74, 6) is -0.673. The van der Waals surface area contributed by atoms with Crippen molar-refractivity contribution in [2.75, 3.05) is 0 Å². The lowest BCUT2D eigenvalue weighted by molar-refractivity contribution is -0.432. The molecule has 2 aromatic rings. The molecular formula is C12H10O8S3. The van der Waals surface area contributed by atoms with Crippen LogP contribution in [0.4, 0.5) is 0 Å². The molecule has 124 valence electrons. The molecule has 0 saturated carbocycles. The largest absolute Gasteiger partial charge is 0.507 e. The van der Waals surface area contributed by atoms with Gasteiger partial charge < -0.3 is 10.2 Å². The third-order valence-electron chi connectivity index (χ3n) is 2.53. The van der Waals surface area contributed by atoms with E-state index >= 15 is 0 Å². The molecule has 0 unspecified atom stereocenters. The molecule has 23 heavy (non-hydrogen) atoms. The van der Waals surface area contributed by atoms with Crippen molar-refractivity contribution >= 4 is 33.9 Å². The van der Waals surface area contributed by atoms with Crippen molar-refractivity contribution in [3.05, 3.63) is 36.4 Å². The molecule has 0 amide bonds. The van der Waals surface area contributed by atoms with Crippen LogP contribution in [0.5, 0.6) is 11.5 Å². The van der Waals surface area contributed by atoms with Gasteiger partial charge in [0.1, 0.15) is 16.4 Å².